The van der Waals surface area contributed by atoms with Gasteiger partial charge in [0.25, 0.3) is 0 Å². The Morgan fingerprint density at radius 3 is 2.52 bits per heavy atom. The monoisotopic (exact) mass is 349 g/mol. The van der Waals surface area contributed by atoms with Crippen LogP contribution in [0.2, 0.25) is 0 Å². The molecule has 2 N–H and O–H groups in total. The number of hydrogen-bond acceptors (Lipinski definition) is 6. The average molecular weight is 349 g/mol. The third-order valence-electron chi connectivity index (χ3n) is 2.94. The molecule has 120 valence electrons. The Balaban J connectivity index is 1.75. The number of nitrogens with one attached hydrogen (secondary N) is 2. The van der Waals surface area contributed by atoms with Crippen LogP contribution in [0.3, 0.4) is 0 Å². The van der Waals surface area contributed by atoms with Crippen LogP contribution in [0.5, 0.6) is 0 Å². The van der Waals surface area contributed by atoms with Crippen LogP contribution in [0.1, 0.15) is 0 Å². The summed E-state index contributed by atoms with van der Waals surface area (Å²) >= 11 is 1.49. The molecule has 23 heavy (non-hydrogen) atoms. The van der Waals surface area contributed by atoms with Gasteiger partial charge in [0.05, 0.1) is 23.8 Å². The van der Waals surface area contributed by atoms with Gasteiger partial charge in [0.2, 0.25) is 10.0 Å². The number of benzene rings is 1. The fourth-order valence-corrected chi connectivity index (χ4v) is 3.30. The molecule has 2 heterocycles. The number of nitrogens with zero attached hydrogens (tertiary/aromatic N) is 3. The largest absolute Gasteiger partial charge is 0.329 e. The van der Waals surface area contributed by atoms with Crippen LogP contribution in [0.4, 0.5) is 16.5 Å². The third kappa shape index (κ3) is 4.08. The number of aromatic nitrogens is 3. The fraction of sp³-hybridized carbons (Fsp3) is 0.143. The topological polar surface area (TPSA) is 88.9 Å². The molecule has 0 spiro atoms. The summed E-state index contributed by atoms with van der Waals surface area (Å²) < 4.78 is 26.5. The van der Waals surface area contributed by atoms with Crippen molar-refractivity contribution in [2.24, 2.45) is 7.05 Å². The van der Waals surface area contributed by atoms with Crippen molar-refractivity contribution in [2.45, 2.75) is 0 Å². The maximum Gasteiger partial charge on any atom is 0.229 e. The molecule has 1 aromatic carbocycles. The van der Waals surface area contributed by atoms with E-state index < -0.39 is 10.0 Å². The van der Waals surface area contributed by atoms with E-state index in [0.717, 1.165) is 28.3 Å². The second-order valence-corrected chi connectivity index (χ2v) is 7.62. The Bertz CT molecular complexity index is 913. The predicted molar refractivity (Wildman–Crippen MR) is 92.5 cm³/mol. The van der Waals surface area contributed by atoms with Crippen molar-refractivity contribution >= 4 is 37.9 Å². The van der Waals surface area contributed by atoms with Crippen LogP contribution >= 0.6 is 11.3 Å². The van der Waals surface area contributed by atoms with Crippen LogP contribution in [-0.2, 0) is 17.1 Å². The second-order valence-electron chi connectivity index (χ2n) is 5.02. The van der Waals surface area contributed by atoms with Crippen molar-refractivity contribution < 1.29 is 8.42 Å². The SMILES string of the molecule is Cn1cc(Nc2nc(-c3ccc(NS(C)(=O)=O)cc3)cs2)cn1. The molecule has 0 aliphatic rings. The van der Waals surface area contributed by atoms with E-state index in [1.807, 2.05) is 30.8 Å². The minimum Gasteiger partial charge on any atom is -0.329 e. The standard InChI is InChI=1S/C14H15N5O2S2/c1-19-8-12(7-15-19)16-14-17-13(9-22-14)10-3-5-11(6-4-10)18-23(2,20)21/h3-9,18H,1-2H3,(H,16,17). The van der Waals surface area contributed by atoms with Crippen molar-refractivity contribution in [2.75, 3.05) is 16.3 Å². The number of anilines is 3. The molecular formula is C14H15N5O2S2. The van der Waals surface area contributed by atoms with E-state index in [9.17, 15) is 8.42 Å². The molecule has 0 saturated heterocycles. The second kappa shape index (κ2) is 6.01. The number of aryl methyl sites for hydroxylation is 1. The molecule has 0 fully saturated rings. The molecule has 9 heteroatoms. The van der Waals surface area contributed by atoms with E-state index >= 15 is 0 Å². The fourth-order valence-electron chi connectivity index (χ4n) is 2.00. The van der Waals surface area contributed by atoms with E-state index in [-0.39, 0.29) is 0 Å². The summed E-state index contributed by atoms with van der Waals surface area (Å²) in [4.78, 5) is 4.52. The van der Waals surface area contributed by atoms with E-state index in [0.29, 0.717) is 5.69 Å². The van der Waals surface area contributed by atoms with Crippen LogP contribution in [0.25, 0.3) is 11.3 Å². The van der Waals surface area contributed by atoms with Gasteiger partial charge >= 0.3 is 0 Å². The van der Waals surface area contributed by atoms with Crippen LogP contribution < -0.4 is 10.0 Å². The van der Waals surface area contributed by atoms with E-state index in [1.165, 1.54) is 11.3 Å². The lowest BCUT2D eigenvalue weighted by atomic mass is 10.1. The highest BCUT2D eigenvalue weighted by atomic mass is 32.2. The molecule has 0 bridgehead atoms. The highest BCUT2D eigenvalue weighted by Crippen LogP contribution is 2.27. The summed E-state index contributed by atoms with van der Waals surface area (Å²) in [6.45, 7) is 0. The van der Waals surface area contributed by atoms with Gasteiger partial charge in [0, 0.05) is 29.9 Å². The highest BCUT2D eigenvalue weighted by molar-refractivity contribution is 7.92. The van der Waals surface area contributed by atoms with Crippen LogP contribution in [0, 0.1) is 0 Å². The Morgan fingerprint density at radius 1 is 1.17 bits per heavy atom. The molecular weight excluding hydrogens is 334 g/mol. The first-order valence-electron chi connectivity index (χ1n) is 6.68. The first-order valence-corrected chi connectivity index (χ1v) is 9.45. The van der Waals surface area contributed by atoms with Crippen molar-refractivity contribution in [3.63, 3.8) is 0 Å². The van der Waals surface area contributed by atoms with Gasteiger partial charge in [-0.3, -0.25) is 9.40 Å². The summed E-state index contributed by atoms with van der Waals surface area (Å²) in [5.74, 6) is 0. The lowest BCUT2D eigenvalue weighted by Gasteiger charge is -2.04. The summed E-state index contributed by atoms with van der Waals surface area (Å²) in [5, 5.41) is 9.99. The number of thiazole rings is 1. The molecule has 0 atom stereocenters. The van der Waals surface area contributed by atoms with Crippen molar-refractivity contribution in [3.05, 3.63) is 42.0 Å². The van der Waals surface area contributed by atoms with E-state index in [2.05, 4.69) is 20.1 Å². The first-order chi connectivity index (χ1) is 10.9. The van der Waals surface area contributed by atoms with Gasteiger partial charge in [-0.05, 0) is 12.1 Å². The number of sulfonamides is 1. The van der Waals surface area contributed by atoms with Gasteiger partial charge in [0.15, 0.2) is 5.13 Å². The summed E-state index contributed by atoms with van der Waals surface area (Å²) in [5.41, 5.74) is 3.15. The highest BCUT2D eigenvalue weighted by Gasteiger charge is 2.07. The average Bonchev–Trinajstić information content (AvgIpc) is 3.08. The summed E-state index contributed by atoms with van der Waals surface area (Å²) in [6, 6.07) is 7.08. The Labute approximate surface area is 138 Å². The molecule has 0 aliphatic carbocycles. The van der Waals surface area contributed by atoms with E-state index in [4.69, 9.17) is 0 Å². The maximum atomic E-state index is 11.2. The number of rotatable bonds is 5. The van der Waals surface area contributed by atoms with Gasteiger partial charge in [-0.1, -0.05) is 12.1 Å². The zero-order valence-corrected chi connectivity index (χ0v) is 14.1. The Hall–Kier alpha value is -2.39. The summed E-state index contributed by atoms with van der Waals surface area (Å²) in [7, 11) is -1.41. The summed E-state index contributed by atoms with van der Waals surface area (Å²) in [6.07, 6.45) is 4.72. The lowest BCUT2D eigenvalue weighted by molar-refractivity contribution is 0.607. The van der Waals surface area contributed by atoms with Crippen LogP contribution in [0.15, 0.2) is 42.0 Å². The quantitative estimate of drug-likeness (QED) is 0.739. The van der Waals surface area contributed by atoms with Crippen LogP contribution in [-0.4, -0.2) is 29.4 Å². The van der Waals surface area contributed by atoms with Gasteiger partial charge in [-0.15, -0.1) is 11.3 Å². The normalized spacial score (nSPS) is 11.4. The third-order valence-corrected chi connectivity index (χ3v) is 4.31. The smallest absolute Gasteiger partial charge is 0.229 e. The van der Waals surface area contributed by atoms with E-state index in [1.54, 1.807) is 23.0 Å². The van der Waals surface area contributed by atoms with Crippen molar-refractivity contribution in [3.8, 4) is 11.3 Å². The zero-order valence-electron chi connectivity index (χ0n) is 12.5. The Kier molecular flexibility index (Phi) is 4.05. The van der Waals surface area contributed by atoms with Crippen molar-refractivity contribution in [1.82, 2.24) is 14.8 Å². The molecule has 3 aromatic rings. The molecule has 7 nitrogen and oxygen atoms in total. The predicted octanol–water partition coefficient (Wildman–Crippen LogP) is 2.66. The molecule has 2 aromatic heterocycles. The minimum atomic E-state index is -3.26. The minimum absolute atomic E-state index is 0.528. The molecule has 0 amide bonds. The number of hydrogen-bond donors (Lipinski definition) is 2. The van der Waals surface area contributed by atoms with Gasteiger partial charge in [-0.2, -0.15) is 5.10 Å². The Morgan fingerprint density at radius 2 is 1.91 bits per heavy atom. The molecule has 0 unspecified atom stereocenters. The van der Waals surface area contributed by atoms with Crippen molar-refractivity contribution in [1.29, 1.82) is 0 Å². The molecule has 0 saturated carbocycles. The molecule has 3 rings (SSSR count). The lowest BCUT2D eigenvalue weighted by Crippen LogP contribution is -2.09. The molecule has 0 radical (unpaired) electrons. The molecule has 0 aliphatic heterocycles. The van der Waals surface area contributed by atoms with Gasteiger partial charge in [-0.25, -0.2) is 13.4 Å². The van der Waals surface area contributed by atoms with Gasteiger partial charge in [0.1, 0.15) is 0 Å². The zero-order chi connectivity index (χ0) is 16.4. The van der Waals surface area contributed by atoms with Gasteiger partial charge < -0.3 is 5.32 Å². The maximum absolute atomic E-state index is 11.2. The first kappa shape index (κ1) is 15.5.